The Balaban J connectivity index is 0.00000120. The van der Waals surface area contributed by atoms with E-state index < -0.39 is 6.17 Å². The van der Waals surface area contributed by atoms with Crippen LogP contribution in [-0.2, 0) is 0 Å². The van der Waals surface area contributed by atoms with Gasteiger partial charge in [-0.2, -0.15) is 0 Å². The van der Waals surface area contributed by atoms with Crippen molar-refractivity contribution in [1.82, 2.24) is 5.32 Å². The molecule has 1 fully saturated rings. The maximum Gasteiger partial charge on any atom is 0.140 e. The zero-order chi connectivity index (χ0) is 11.9. The fourth-order valence-electron chi connectivity index (χ4n) is 2.76. The van der Waals surface area contributed by atoms with Crippen LogP contribution in [0.15, 0.2) is 22.7 Å². The summed E-state index contributed by atoms with van der Waals surface area (Å²) in [5, 5.41) is 3.30. The van der Waals surface area contributed by atoms with Crippen molar-refractivity contribution in [1.29, 1.82) is 0 Å². The average Bonchev–Trinajstić information content (AvgIpc) is 2.32. The van der Waals surface area contributed by atoms with Gasteiger partial charge in [0, 0.05) is 12.0 Å². The molecule has 0 bridgehead atoms. The zero-order valence-electron chi connectivity index (χ0n) is 9.92. The number of hydrogen-bond donors (Lipinski definition) is 1. The fraction of sp³-hybridized carbons (Fsp3) is 0.538. The lowest BCUT2D eigenvalue weighted by Gasteiger charge is -2.43. The van der Waals surface area contributed by atoms with E-state index in [1.54, 1.807) is 0 Å². The summed E-state index contributed by atoms with van der Waals surface area (Å²) in [6, 6.07) is 5.59. The lowest BCUT2D eigenvalue weighted by Crippen LogP contribution is -2.48. The van der Waals surface area contributed by atoms with Crippen LogP contribution in [0.25, 0.3) is 0 Å². The number of halogens is 3. The van der Waals surface area contributed by atoms with Crippen LogP contribution in [0, 0.1) is 0 Å². The van der Waals surface area contributed by atoms with Crippen molar-refractivity contribution >= 4 is 28.3 Å². The van der Waals surface area contributed by atoms with Gasteiger partial charge in [-0.15, -0.1) is 12.4 Å². The van der Waals surface area contributed by atoms with Crippen LogP contribution in [0.3, 0.4) is 0 Å². The average molecular weight is 337 g/mol. The van der Waals surface area contributed by atoms with Crippen molar-refractivity contribution in [3.63, 3.8) is 0 Å². The minimum absolute atomic E-state index is 0. The molecule has 2 nitrogen and oxygen atoms in total. The maximum atomic E-state index is 14.3. The van der Waals surface area contributed by atoms with Gasteiger partial charge < -0.3 is 10.1 Å². The highest BCUT2D eigenvalue weighted by Gasteiger charge is 2.42. The van der Waals surface area contributed by atoms with E-state index in [4.69, 9.17) is 4.74 Å². The Bertz CT molecular complexity index is 437. The van der Waals surface area contributed by atoms with Gasteiger partial charge in [0.05, 0.1) is 4.47 Å². The van der Waals surface area contributed by atoms with Gasteiger partial charge in [0.1, 0.15) is 17.5 Å². The van der Waals surface area contributed by atoms with Crippen LogP contribution in [-0.4, -0.2) is 18.7 Å². The maximum absolute atomic E-state index is 14.3. The second-order valence-corrected chi connectivity index (χ2v) is 5.72. The number of benzene rings is 1. The normalized spacial score (nSPS) is 24.9. The molecule has 18 heavy (non-hydrogen) atoms. The Hall–Kier alpha value is -0.320. The van der Waals surface area contributed by atoms with E-state index in [9.17, 15) is 4.39 Å². The Morgan fingerprint density at radius 2 is 2.06 bits per heavy atom. The van der Waals surface area contributed by atoms with Gasteiger partial charge in [0.15, 0.2) is 0 Å². The van der Waals surface area contributed by atoms with Crippen LogP contribution < -0.4 is 10.1 Å². The van der Waals surface area contributed by atoms with Crippen LogP contribution >= 0.6 is 28.3 Å². The third-order valence-electron chi connectivity index (χ3n) is 3.72. The zero-order valence-corrected chi connectivity index (χ0v) is 12.3. The van der Waals surface area contributed by atoms with Crippen LogP contribution in [0.2, 0.25) is 0 Å². The monoisotopic (exact) mass is 335 g/mol. The first-order valence-corrected chi connectivity index (χ1v) is 6.82. The minimum Gasteiger partial charge on any atom is -0.485 e. The van der Waals surface area contributed by atoms with Crippen LogP contribution in [0.1, 0.15) is 31.0 Å². The molecular formula is C13H16BrClFNO. The standard InChI is InChI=1S/C13H15BrFNO.ClH/c14-10-3-1-2-9-11(15)8-13(17-12(9)10)4-6-16-7-5-13;/h1-3,11,16H,4-8H2;1H. The number of hydrogen-bond acceptors (Lipinski definition) is 2. The van der Waals surface area contributed by atoms with E-state index in [1.807, 2.05) is 18.2 Å². The fourth-order valence-corrected chi connectivity index (χ4v) is 3.23. The van der Waals surface area contributed by atoms with Crippen molar-refractivity contribution in [3.05, 3.63) is 28.2 Å². The van der Waals surface area contributed by atoms with Crippen LogP contribution in [0.4, 0.5) is 4.39 Å². The molecule has 2 aliphatic rings. The molecular weight excluding hydrogens is 321 g/mol. The number of para-hydroxylation sites is 1. The summed E-state index contributed by atoms with van der Waals surface area (Å²) in [6.45, 7) is 1.82. The molecule has 2 heterocycles. The first kappa shape index (κ1) is 14.1. The molecule has 1 saturated heterocycles. The molecule has 0 amide bonds. The summed E-state index contributed by atoms with van der Waals surface area (Å²) in [6.07, 6.45) is 1.34. The van der Waals surface area contributed by atoms with Gasteiger partial charge in [0.2, 0.25) is 0 Å². The van der Waals surface area contributed by atoms with E-state index in [-0.39, 0.29) is 18.0 Å². The summed E-state index contributed by atoms with van der Waals surface area (Å²) in [7, 11) is 0. The van der Waals surface area contributed by atoms with Gasteiger partial charge >= 0.3 is 0 Å². The highest BCUT2D eigenvalue weighted by molar-refractivity contribution is 9.10. The van der Waals surface area contributed by atoms with E-state index >= 15 is 0 Å². The van der Waals surface area contributed by atoms with E-state index in [0.717, 1.165) is 30.4 Å². The molecule has 0 saturated carbocycles. The van der Waals surface area contributed by atoms with Crippen molar-refractivity contribution in [3.8, 4) is 5.75 Å². The number of alkyl halides is 1. The third-order valence-corrected chi connectivity index (χ3v) is 4.34. The summed E-state index contributed by atoms with van der Waals surface area (Å²) in [5.74, 6) is 0.702. The molecule has 2 aliphatic heterocycles. The topological polar surface area (TPSA) is 21.3 Å². The Morgan fingerprint density at radius 1 is 1.33 bits per heavy atom. The largest absolute Gasteiger partial charge is 0.485 e. The lowest BCUT2D eigenvalue weighted by atomic mass is 9.83. The predicted octanol–water partition coefficient (Wildman–Crippen LogP) is 3.79. The Morgan fingerprint density at radius 3 is 2.78 bits per heavy atom. The van der Waals surface area contributed by atoms with Crippen molar-refractivity contribution in [2.45, 2.75) is 31.0 Å². The molecule has 1 atom stereocenters. The van der Waals surface area contributed by atoms with Gasteiger partial charge in [0.25, 0.3) is 0 Å². The van der Waals surface area contributed by atoms with E-state index in [0.29, 0.717) is 17.7 Å². The Labute approximate surface area is 121 Å². The molecule has 1 spiro atoms. The minimum atomic E-state index is -0.908. The van der Waals surface area contributed by atoms with E-state index in [2.05, 4.69) is 21.2 Å². The smallest absolute Gasteiger partial charge is 0.140 e. The quantitative estimate of drug-likeness (QED) is 0.778. The van der Waals surface area contributed by atoms with Gasteiger partial charge in [-0.3, -0.25) is 0 Å². The number of nitrogens with one attached hydrogen (secondary N) is 1. The second kappa shape index (κ2) is 5.35. The van der Waals surface area contributed by atoms with Gasteiger partial charge in [-0.25, -0.2) is 4.39 Å². The number of ether oxygens (including phenoxy) is 1. The molecule has 0 aromatic heterocycles. The summed E-state index contributed by atoms with van der Waals surface area (Å²) >= 11 is 3.45. The number of fused-ring (bicyclic) bond motifs is 1. The molecule has 3 rings (SSSR count). The molecule has 1 aromatic carbocycles. The second-order valence-electron chi connectivity index (χ2n) is 4.86. The first-order chi connectivity index (χ1) is 8.20. The summed E-state index contributed by atoms with van der Waals surface area (Å²) < 4.78 is 21.3. The van der Waals surface area contributed by atoms with Crippen molar-refractivity contribution in [2.75, 3.05) is 13.1 Å². The molecule has 100 valence electrons. The highest BCUT2D eigenvalue weighted by Crippen LogP contribution is 2.47. The van der Waals surface area contributed by atoms with Gasteiger partial charge in [-0.05, 0) is 47.9 Å². The van der Waals surface area contributed by atoms with Crippen molar-refractivity contribution in [2.24, 2.45) is 0 Å². The third kappa shape index (κ3) is 2.38. The molecule has 0 aliphatic carbocycles. The van der Waals surface area contributed by atoms with Gasteiger partial charge in [-0.1, -0.05) is 12.1 Å². The first-order valence-electron chi connectivity index (χ1n) is 6.02. The predicted molar refractivity (Wildman–Crippen MR) is 75.3 cm³/mol. The van der Waals surface area contributed by atoms with Crippen molar-refractivity contribution < 1.29 is 9.13 Å². The lowest BCUT2D eigenvalue weighted by molar-refractivity contribution is -0.0127. The Kier molecular flexibility index (Phi) is 4.19. The molecule has 1 N–H and O–H groups in total. The summed E-state index contributed by atoms with van der Waals surface area (Å²) in [5.41, 5.74) is 0.380. The molecule has 1 aromatic rings. The summed E-state index contributed by atoms with van der Waals surface area (Å²) in [4.78, 5) is 0. The highest BCUT2D eigenvalue weighted by atomic mass is 79.9. The molecule has 5 heteroatoms. The SMILES string of the molecule is Cl.FC1CC2(CCNCC2)Oc2c(Br)cccc21. The molecule has 0 radical (unpaired) electrons. The number of piperidine rings is 1. The van der Waals surface area contributed by atoms with Crippen LogP contribution in [0.5, 0.6) is 5.75 Å². The number of rotatable bonds is 0. The van der Waals surface area contributed by atoms with E-state index in [1.165, 1.54) is 0 Å². The molecule has 1 unspecified atom stereocenters.